The van der Waals surface area contributed by atoms with Crippen molar-refractivity contribution in [2.75, 3.05) is 65.7 Å². The Hall–Kier alpha value is -1.18. The van der Waals surface area contributed by atoms with Gasteiger partial charge < -0.3 is 19.7 Å². The second kappa shape index (κ2) is 10.7. The summed E-state index contributed by atoms with van der Waals surface area (Å²) in [5.74, 6) is 0.855. The molecule has 0 unspecified atom stereocenters. The Kier molecular flexibility index (Phi) is 8.64. The standard InChI is InChI=1S/C19H32N2O4/c1-16-3-4-19(13-17(16)2)25-12-11-24-15-18(23)14-21-7-5-20(6-8-21)9-10-22/h3-4,13,18,22-23H,5-12,14-15H2,1-2H3/t18-/m0/s1. The highest BCUT2D eigenvalue weighted by molar-refractivity contribution is 5.33. The van der Waals surface area contributed by atoms with Crippen LogP contribution in [0.2, 0.25) is 0 Å². The summed E-state index contributed by atoms with van der Waals surface area (Å²) in [6.45, 7) is 10.7. The number of nitrogens with zero attached hydrogens (tertiary/aromatic N) is 2. The smallest absolute Gasteiger partial charge is 0.119 e. The number of piperazine rings is 1. The maximum absolute atomic E-state index is 10.1. The summed E-state index contributed by atoms with van der Waals surface area (Å²) in [6.07, 6.45) is -0.481. The first-order valence-electron chi connectivity index (χ1n) is 9.10. The molecule has 6 heteroatoms. The third-order valence-corrected chi connectivity index (χ3v) is 4.64. The molecule has 0 spiro atoms. The Labute approximate surface area is 151 Å². The van der Waals surface area contributed by atoms with Crippen molar-refractivity contribution in [1.82, 2.24) is 9.80 Å². The summed E-state index contributed by atoms with van der Waals surface area (Å²) in [6, 6.07) is 6.05. The molecule has 0 amide bonds. The number of hydrogen-bond acceptors (Lipinski definition) is 6. The van der Waals surface area contributed by atoms with Crippen LogP contribution in [0.25, 0.3) is 0 Å². The summed E-state index contributed by atoms with van der Waals surface area (Å²) in [5, 5.41) is 19.0. The molecule has 1 saturated heterocycles. The van der Waals surface area contributed by atoms with E-state index in [2.05, 4.69) is 29.7 Å². The van der Waals surface area contributed by atoms with Crippen LogP contribution < -0.4 is 4.74 Å². The van der Waals surface area contributed by atoms with Crippen molar-refractivity contribution in [3.8, 4) is 5.75 Å². The number of benzene rings is 1. The molecule has 1 aromatic carbocycles. The second-order valence-corrected chi connectivity index (χ2v) is 6.69. The summed E-state index contributed by atoms with van der Waals surface area (Å²) in [5.41, 5.74) is 2.47. The highest BCUT2D eigenvalue weighted by Gasteiger charge is 2.18. The van der Waals surface area contributed by atoms with Crippen molar-refractivity contribution in [1.29, 1.82) is 0 Å². The number of aryl methyl sites for hydroxylation is 2. The molecule has 1 aliphatic rings. The zero-order chi connectivity index (χ0) is 18.1. The zero-order valence-electron chi connectivity index (χ0n) is 15.5. The molecule has 0 aliphatic carbocycles. The molecular weight excluding hydrogens is 320 g/mol. The van der Waals surface area contributed by atoms with E-state index in [1.54, 1.807) is 0 Å². The Bertz CT molecular complexity index is 504. The quantitative estimate of drug-likeness (QED) is 0.604. The van der Waals surface area contributed by atoms with Crippen LogP contribution in [0.1, 0.15) is 11.1 Å². The van der Waals surface area contributed by atoms with E-state index in [0.717, 1.165) is 38.5 Å². The van der Waals surface area contributed by atoms with E-state index in [4.69, 9.17) is 14.6 Å². The highest BCUT2D eigenvalue weighted by Crippen LogP contribution is 2.16. The average molecular weight is 352 g/mol. The molecule has 2 N–H and O–H groups in total. The number of ether oxygens (including phenoxy) is 2. The van der Waals surface area contributed by atoms with Crippen LogP contribution >= 0.6 is 0 Å². The second-order valence-electron chi connectivity index (χ2n) is 6.69. The minimum Gasteiger partial charge on any atom is -0.491 e. The van der Waals surface area contributed by atoms with Gasteiger partial charge in [0.2, 0.25) is 0 Å². The monoisotopic (exact) mass is 352 g/mol. The van der Waals surface area contributed by atoms with Crippen molar-refractivity contribution in [2.45, 2.75) is 20.0 Å². The molecule has 0 bridgehead atoms. The van der Waals surface area contributed by atoms with Gasteiger partial charge >= 0.3 is 0 Å². The third kappa shape index (κ3) is 7.30. The Morgan fingerprint density at radius 2 is 1.76 bits per heavy atom. The molecule has 0 saturated carbocycles. The molecule has 1 aromatic rings. The van der Waals surface area contributed by atoms with Crippen LogP contribution in [-0.2, 0) is 4.74 Å². The minimum absolute atomic E-state index is 0.209. The molecule has 1 fully saturated rings. The van der Waals surface area contributed by atoms with Crippen LogP contribution in [0, 0.1) is 13.8 Å². The summed E-state index contributed by atoms with van der Waals surface area (Å²) in [7, 11) is 0. The summed E-state index contributed by atoms with van der Waals surface area (Å²) >= 11 is 0. The lowest BCUT2D eigenvalue weighted by Gasteiger charge is -2.35. The van der Waals surface area contributed by atoms with Gasteiger partial charge in [-0.05, 0) is 37.1 Å². The van der Waals surface area contributed by atoms with Gasteiger partial charge in [-0.25, -0.2) is 0 Å². The van der Waals surface area contributed by atoms with Gasteiger partial charge in [-0.15, -0.1) is 0 Å². The van der Waals surface area contributed by atoms with Crippen molar-refractivity contribution < 1.29 is 19.7 Å². The first kappa shape index (κ1) is 20.1. The van der Waals surface area contributed by atoms with Gasteiger partial charge in [0.1, 0.15) is 12.4 Å². The molecule has 2 rings (SSSR count). The molecule has 1 heterocycles. The lowest BCUT2D eigenvalue weighted by molar-refractivity contribution is -0.000766. The number of β-amino-alcohol motifs (C(OH)–C–C–N with tert-alkyl or cyclic N) is 2. The van der Waals surface area contributed by atoms with Gasteiger partial charge in [-0.1, -0.05) is 6.07 Å². The van der Waals surface area contributed by atoms with E-state index < -0.39 is 6.10 Å². The normalized spacial score (nSPS) is 17.6. The number of rotatable bonds is 10. The topological polar surface area (TPSA) is 65.4 Å². The first-order valence-corrected chi connectivity index (χ1v) is 9.10. The SMILES string of the molecule is Cc1ccc(OCCOC[C@@H](O)CN2CCN(CCO)CC2)cc1C. The molecule has 1 aliphatic heterocycles. The predicted octanol–water partition coefficient (Wildman–Crippen LogP) is 0.670. The van der Waals surface area contributed by atoms with Crippen molar-refractivity contribution in [3.63, 3.8) is 0 Å². The van der Waals surface area contributed by atoms with E-state index in [0.29, 0.717) is 26.4 Å². The molecule has 6 nitrogen and oxygen atoms in total. The fourth-order valence-electron chi connectivity index (χ4n) is 2.93. The minimum atomic E-state index is -0.481. The van der Waals surface area contributed by atoms with Crippen LogP contribution in [0.4, 0.5) is 0 Å². The molecule has 0 aromatic heterocycles. The average Bonchev–Trinajstić information content (AvgIpc) is 2.60. The van der Waals surface area contributed by atoms with Gasteiger partial charge in [0.15, 0.2) is 0 Å². The fourth-order valence-corrected chi connectivity index (χ4v) is 2.93. The van der Waals surface area contributed by atoms with Crippen LogP contribution in [0.5, 0.6) is 5.75 Å². The van der Waals surface area contributed by atoms with Gasteiger partial charge in [0.05, 0.1) is 25.9 Å². The maximum atomic E-state index is 10.1. The largest absolute Gasteiger partial charge is 0.491 e. The van der Waals surface area contributed by atoms with E-state index in [1.807, 2.05) is 12.1 Å². The lowest BCUT2D eigenvalue weighted by Crippen LogP contribution is -2.49. The number of aliphatic hydroxyl groups excluding tert-OH is 2. The van der Waals surface area contributed by atoms with E-state index >= 15 is 0 Å². The van der Waals surface area contributed by atoms with Gasteiger partial charge in [0, 0.05) is 39.3 Å². The first-order chi connectivity index (χ1) is 12.1. The Morgan fingerprint density at radius 3 is 2.44 bits per heavy atom. The van der Waals surface area contributed by atoms with E-state index in [-0.39, 0.29) is 6.61 Å². The molecule has 25 heavy (non-hydrogen) atoms. The maximum Gasteiger partial charge on any atom is 0.119 e. The fraction of sp³-hybridized carbons (Fsp3) is 0.684. The predicted molar refractivity (Wildman–Crippen MR) is 98.2 cm³/mol. The molecule has 1 atom stereocenters. The van der Waals surface area contributed by atoms with Crippen LogP contribution in [0.15, 0.2) is 18.2 Å². The van der Waals surface area contributed by atoms with Crippen molar-refractivity contribution in [2.24, 2.45) is 0 Å². The Morgan fingerprint density at radius 1 is 1.04 bits per heavy atom. The summed E-state index contributed by atoms with van der Waals surface area (Å²) in [4.78, 5) is 4.48. The van der Waals surface area contributed by atoms with Gasteiger partial charge in [-0.3, -0.25) is 9.80 Å². The summed E-state index contributed by atoms with van der Waals surface area (Å²) < 4.78 is 11.2. The van der Waals surface area contributed by atoms with Gasteiger partial charge in [-0.2, -0.15) is 0 Å². The molecule has 142 valence electrons. The highest BCUT2D eigenvalue weighted by atomic mass is 16.5. The number of hydrogen-bond donors (Lipinski definition) is 2. The third-order valence-electron chi connectivity index (χ3n) is 4.64. The van der Waals surface area contributed by atoms with Crippen molar-refractivity contribution >= 4 is 0 Å². The molecule has 0 radical (unpaired) electrons. The number of aliphatic hydroxyl groups is 2. The lowest BCUT2D eigenvalue weighted by atomic mass is 10.1. The van der Waals surface area contributed by atoms with Gasteiger partial charge in [0.25, 0.3) is 0 Å². The Balaban J connectivity index is 1.53. The van der Waals surface area contributed by atoms with Crippen LogP contribution in [-0.4, -0.2) is 91.8 Å². The van der Waals surface area contributed by atoms with E-state index in [1.165, 1.54) is 11.1 Å². The van der Waals surface area contributed by atoms with Crippen molar-refractivity contribution in [3.05, 3.63) is 29.3 Å². The molecular formula is C19H32N2O4. The van der Waals surface area contributed by atoms with E-state index in [9.17, 15) is 5.11 Å². The van der Waals surface area contributed by atoms with Crippen LogP contribution in [0.3, 0.4) is 0 Å². The zero-order valence-corrected chi connectivity index (χ0v) is 15.5.